The van der Waals surface area contributed by atoms with Gasteiger partial charge in [0, 0.05) is 11.6 Å². The fraction of sp³-hybridized carbons (Fsp3) is 0.286. The van der Waals surface area contributed by atoms with Gasteiger partial charge in [0.15, 0.2) is 0 Å². The molecule has 0 aliphatic carbocycles. The van der Waals surface area contributed by atoms with E-state index in [2.05, 4.69) is 17.4 Å². The molecule has 2 aromatic carbocycles. The second kappa shape index (κ2) is 4.97. The molecule has 0 unspecified atom stereocenters. The number of hydrogen-bond donors (Lipinski definition) is 1. The first-order valence-corrected chi connectivity index (χ1v) is 9.34. The molecule has 0 saturated carbocycles. The molecule has 0 bridgehead atoms. The number of amides is 1. The molecule has 6 nitrogen and oxygen atoms in total. The topological polar surface area (TPSA) is 67.2 Å². The quantitative estimate of drug-likeness (QED) is 0.671. The number of nitrogens with one attached hydrogen (secondary N) is 1. The maximum absolute atomic E-state index is 13.2. The average molecular weight is 358 g/mol. The third kappa shape index (κ3) is 1.77. The molecule has 134 valence electrons. The number of carbonyl (C=O) groups is 1. The van der Waals surface area contributed by atoms with Crippen molar-refractivity contribution in [2.24, 2.45) is 0 Å². The van der Waals surface area contributed by atoms with Gasteiger partial charge in [0.2, 0.25) is 5.91 Å². The third-order valence-electron chi connectivity index (χ3n) is 6.29. The molecule has 1 N–H and O–H groups in total. The molecule has 0 spiro atoms. The highest BCUT2D eigenvalue weighted by molar-refractivity contribution is 5.85. The molecule has 27 heavy (non-hydrogen) atoms. The van der Waals surface area contributed by atoms with Crippen LogP contribution in [0.15, 0.2) is 53.3 Å². The summed E-state index contributed by atoms with van der Waals surface area (Å²) in [4.78, 5) is 33.1. The van der Waals surface area contributed by atoms with E-state index in [1.54, 1.807) is 17.6 Å². The molecule has 6 rings (SSSR count). The van der Waals surface area contributed by atoms with Crippen molar-refractivity contribution in [3.05, 3.63) is 70.3 Å². The van der Waals surface area contributed by atoms with Crippen LogP contribution in [0.5, 0.6) is 0 Å². The molecule has 0 radical (unpaired) electrons. The van der Waals surface area contributed by atoms with Gasteiger partial charge >= 0.3 is 0 Å². The highest BCUT2D eigenvalue weighted by Crippen LogP contribution is 2.52. The maximum Gasteiger partial charge on any atom is 0.262 e. The molecular formula is C21H18N4O2. The summed E-state index contributed by atoms with van der Waals surface area (Å²) in [6, 6.07) is 14.9. The van der Waals surface area contributed by atoms with Crippen molar-refractivity contribution in [2.75, 3.05) is 5.32 Å². The molecule has 4 heterocycles. The number of anilines is 1. The van der Waals surface area contributed by atoms with Crippen LogP contribution in [0.4, 0.5) is 5.69 Å². The zero-order valence-corrected chi connectivity index (χ0v) is 14.8. The van der Waals surface area contributed by atoms with E-state index in [1.807, 2.05) is 35.2 Å². The summed E-state index contributed by atoms with van der Waals surface area (Å²) in [5.41, 5.74) is 2.91. The number of rotatable bonds is 0. The van der Waals surface area contributed by atoms with Crippen LogP contribution in [0.1, 0.15) is 42.7 Å². The Bertz CT molecular complexity index is 1180. The molecule has 1 saturated heterocycles. The fourth-order valence-corrected chi connectivity index (χ4v) is 5.07. The molecule has 1 aromatic heterocycles. The van der Waals surface area contributed by atoms with Gasteiger partial charge in [0.05, 0.1) is 16.9 Å². The Morgan fingerprint density at radius 1 is 1.07 bits per heavy atom. The predicted octanol–water partition coefficient (Wildman–Crippen LogP) is 2.78. The van der Waals surface area contributed by atoms with Crippen LogP contribution in [-0.4, -0.2) is 26.5 Å². The van der Waals surface area contributed by atoms with Crippen molar-refractivity contribution in [3.63, 3.8) is 0 Å². The van der Waals surface area contributed by atoms with E-state index in [0.29, 0.717) is 16.7 Å². The number of hydrogen-bond acceptors (Lipinski definition) is 4. The van der Waals surface area contributed by atoms with E-state index in [9.17, 15) is 9.59 Å². The molecule has 1 fully saturated rings. The number of fused-ring (bicyclic) bond motifs is 8. The Morgan fingerprint density at radius 3 is 2.74 bits per heavy atom. The Labute approximate surface area is 155 Å². The summed E-state index contributed by atoms with van der Waals surface area (Å²) < 4.78 is 1.61. The zero-order chi connectivity index (χ0) is 18.3. The zero-order valence-electron chi connectivity index (χ0n) is 14.8. The Morgan fingerprint density at radius 2 is 1.85 bits per heavy atom. The van der Waals surface area contributed by atoms with Crippen molar-refractivity contribution in [3.8, 4) is 0 Å². The van der Waals surface area contributed by atoms with Crippen LogP contribution in [0.2, 0.25) is 0 Å². The van der Waals surface area contributed by atoms with Crippen LogP contribution in [0.25, 0.3) is 10.9 Å². The van der Waals surface area contributed by atoms with Gasteiger partial charge in [-0.05, 0) is 37.1 Å². The van der Waals surface area contributed by atoms with E-state index in [0.717, 1.165) is 12.1 Å². The van der Waals surface area contributed by atoms with Crippen LogP contribution in [0.3, 0.4) is 0 Å². The van der Waals surface area contributed by atoms with Crippen molar-refractivity contribution < 1.29 is 4.79 Å². The maximum atomic E-state index is 13.2. The highest BCUT2D eigenvalue weighted by atomic mass is 16.2. The van der Waals surface area contributed by atoms with Gasteiger partial charge in [-0.1, -0.05) is 30.3 Å². The van der Waals surface area contributed by atoms with Crippen LogP contribution in [0, 0.1) is 0 Å². The van der Waals surface area contributed by atoms with E-state index in [4.69, 9.17) is 4.98 Å². The van der Waals surface area contributed by atoms with Gasteiger partial charge in [-0.25, -0.2) is 4.98 Å². The number of para-hydroxylation sites is 2. The second-order valence-electron chi connectivity index (χ2n) is 7.62. The van der Waals surface area contributed by atoms with Gasteiger partial charge < -0.3 is 10.2 Å². The smallest absolute Gasteiger partial charge is 0.262 e. The minimum atomic E-state index is -0.551. The number of carbonyl (C=O) groups excluding carboxylic acids is 1. The van der Waals surface area contributed by atoms with Gasteiger partial charge in [-0.15, -0.1) is 0 Å². The molecule has 3 aromatic rings. The lowest BCUT2D eigenvalue weighted by atomic mass is 9.96. The lowest BCUT2D eigenvalue weighted by molar-refractivity contribution is -0.139. The molecular weight excluding hydrogens is 340 g/mol. The van der Waals surface area contributed by atoms with Crippen molar-refractivity contribution >= 4 is 22.5 Å². The summed E-state index contributed by atoms with van der Waals surface area (Å²) in [6.45, 7) is 1.80. The summed E-state index contributed by atoms with van der Waals surface area (Å²) in [5.74, 6) is 0.913. The van der Waals surface area contributed by atoms with Gasteiger partial charge in [0.1, 0.15) is 18.0 Å². The first-order chi connectivity index (χ1) is 13.1. The van der Waals surface area contributed by atoms with E-state index < -0.39 is 6.04 Å². The van der Waals surface area contributed by atoms with E-state index >= 15 is 0 Å². The number of aromatic nitrogens is 2. The van der Waals surface area contributed by atoms with Crippen molar-refractivity contribution in [2.45, 2.75) is 37.5 Å². The molecule has 3 aliphatic heterocycles. The normalized spacial score (nSPS) is 27.7. The lowest BCUT2D eigenvalue weighted by Gasteiger charge is -2.38. The van der Waals surface area contributed by atoms with Crippen molar-refractivity contribution in [1.29, 1.82) is 0 Å². The monoisotopic (exact) mass is 358 g/mol. The highest BCUT2D eigenvalue weighted by Gasteiger charge is 2.53. The van der Waals surface area contributed by atoms with Crippen molar-refractivity contribution in [1.82, 2.24) is 14.5 Å². The molecule has 4 atom stereocenters. The Balaban J connectivity index is 1.57. The molecule has 6 heteroatoms. The lowest BCUT2D eigenvalue weighted by Crippen LogP contribution is -2.51. The molecule has 1 amide bonds. The van der Waals surface area contributed by atoms with Gasteiger partial charge in [-0.2, -0.15) is 0 Å². The third-order valence-corrected chi connectivity index (χ3v) is 6.29. The standard InChI is InChI=1S/C21H18N4O2/c1-11-20(26)25-17(10-14-12-6-2-4-8-15(12)22-18(14)25)19-23-16-9-5-3-7-13(16)21(27)24(11)19/h2-9,11,14,17-18,22H,10H2,1H3/t11-,14+,17+,18+/m0/s1. The van der Waals surface area contributed by atoms with E-state index in [-0.39, 0.29) is 29.6 Å². The van der Waals surface area contributed by atoms with E-state index in [1.165, 1.54) is 5.56 Å². The number of benzene rings is 2. The minimum absolute atomic E-state index is 0.0144. The van der Waals surface area contributed by atoms with Crippen LogP contribution < -0.4 is 10.9 Å². The Kier molecular flexibility index (Phi) is 2.75. The van der Waals surface area contributed by atoms with Crippen LogP contribution in [-0.2, 0) is 4.79 Å². The largest absolute Gasteiger partial charge is 0.364 e. The van der Waals surface area contributed by atoms with Crippen LogP contribution >= 0.6 is 0 Å². The first-order valence-electron chi connectivity index (χ1n) is 9.34. The van der Waals surface area contributed by atoms with Gasteiger partial charge in [-0.3, -0.25) is 14.2 Å². The van der Waals surface area contributed by atoms with Gasteiger partial charge in [0.25, 0.3) is 5.56 Å². The molecule has 3 aliphatic rings. The summed E-state index contributed by atoms with van der Waals surface area (Å²) in [6.07, 6.45) is 0.706. The average Bonchev–Trinajstić information content (AvgIpc) is 3.22. The summed E-state index contributed by atoms with van der Waals surface area (Å²) in [5, 5.41) is 4.08. The first kappa shape index (κ1) is 15.0. The predicted molar refractivity (Wildman–Crippen MR) is 102 cm³/mol. The minimum Gasteiger partial charge on any atom is -0.364 e. The number of nitrogens with zero attached hydrogens (tertiary/aromatic N) is 3. The summed E-state index contributed by atoms with van der Waals surface area (Å²) in [7, 11) is 0. The summed E-state index contributed by atoms with van der Waals surface area (Å²) >= 11 is 0. The second-order valence-corrected chi connectivity index (χ2v) is 7.62. The Hall–Kier alpha value is -3.15. The SMILES string of the molecule is C[C@H]1C(=O)N2[C@H](C[C@@H]3c4ccccc4N[C@@H]32)c2nc3ccccc3c(=O)n21. The fourth-order valence-electron chi connectivity index (χ4n) is 5.07.